The lowest BCUT2D eigenvalue weighted by Crippen LogP contribution is -2.29. The summed E-state index contributed by atoms with van der Waals surface area (Å²) >= 11 is 0. The maximum atomic E-state index is 8.60. The summed E-state index contributed by atoms with van der Waals surface area (Å²) in [6.45, 7) is 6.45. The van der Waals surface area contributed by atoms with E-state index in [-0.39, 0.29) is 0 Å². The Labute approximate surface area is 68.0 Å². The van der Waals surface area contributed by atoms with Gasteiger partial charge in [-0.25, -0.2) is 0 Å². The van der Waals surface area contributed by atoms with Gasteiger partial charge in [0.25, 0.3) is 0 Å². The molecule has 3 nitrogen and oxygen atoms in total. The van der Waals surface area contributed by atoms with Gasteiger partial charge in [0.15, 0.2) is 0 Å². The van der Waals surface area contributed by atoms with Gasteiger partial charge in [-0.1, -0.05) is 6.92 Å². The average Bonchev–Trinajstić information content (AvgIpc) is 2.81. The van der Waals surface area contributed by atoms with Crippen LogP contribution >= 0.6 is 0 Å². The van der Waals surface area contributed by atoms with Crippen LogP contribution in [0, 0.1) is 0 Å². The highest BCUT2D eigenvalue weighted by Gasteiger charge is 2.24. The normalized spacial score (nSPS) is 22.6. The van der Waals surface area contributed by atoms with E-state index >= 15 is 0 Å². The van der Waals surface area contributed by atoms with E-state index in [0.29, 0.717) is 12.7 Å². The Bertz CT molecular complexity index is 104. The van der Waals surface area contributed by atoms with Gasteiger partial charge in [0.05, 0.1) is 12.7 Å². The molecule has 0 radical (unpaired) electrons. The molecule has 0 aromatic heterocycles. The molecule has 0 spiro atoms. The number of ether oxygens (including phenoxy) is 1. The van der Waals surface area contributed by atoms with E-state index in [1.807, 2.05) is 0 Å². The second-order valence-electron chi connectivity index (χ2n) is 2.93. The summed E-state index contributed by atoms with van der Waals surface area (Å²) in [6.07, 6.45) is 1.36. The molecule has 1 aliphatic heterocycles. The number of hydrogen-bond donors (Lipinski definition) is 1. The standard InChI is InChI=1S/C8H17NO2/c1-2-9(4-3-5-10)6-8-7-11-8/h8,10H,2-7H2,1H3. The average molecular weight is 159 g/mol. The molecule has 0 bridgehead atoms. The summed E-state index contributed by atoms with van der Waals surface area (Å²) in [5, 5.41) is 8.60. The molecule has 0 aromatic carbocycles. The number of aliphatic hydroxyl groups is 1. The molecule has 1 aliphatic rings. The van der Waals surface area contributed by atoms with Crippen molar-refractivity contribution in [2.75, 3.05) is 32.8 Å². The molecule has 0 saturated carbocycles. The van der Waals surface area contributed by atoms with Crippen LogP contribution in [0.4, 0.5) is 0 Å². The lowest BCUT2D eigenvalue weighted by Gasteiger charge is -2.17. The molecule has 1 unspecified atom stereocenters. The monoisotopic (exact) mass is 159 g/mol. The Balaban J connectivity index is 2.02. The molecule has 0 aliphatic carbocycles. The van der Waals surface area contributed by atoms with E-state index in [1.54, 1.807) is 0 Å². The van der Waals surface area contributed by atoms with E-state index in [1.165, 1.54) is 0 Å². The summed E-state index contributed by atoms with van der Waals surface area (Å²) in [5.41, 5.74) is 0. The first kappa shape index (κ1) is 8.97. The number of epoxide rings is 1. The van der Waals surface area contributed by atoms with E-state index < -0.39 is 0 Å². The molecular weight excluding hydrogens is 142 g/mol. The van der Waals surface area contributed by atoms with Crippen LogP contribution in [0.2, 0.25) is 0 Å². The fourth-order valence-corrected chi connectivity index (χ4v) is 1.13. The van der Waals surface area contributed by atoms with E-state index in [0.717, 1.165) is 32.7 Å². The van der Waals surface area contributed by atoms with Gasteiger partial charge in [-0.05, 0) is 13.0 Å². The first-order valence-corrected chi connectivity index (χ1v) is 4.31. The molecule has 1 atom stereocenters. The molecule has 66 valence electrons. The molecule has 0 amide bonds. The second kappa shape index (κ2) is 4.70. The minimum absolute atomic E-state index is 0.294. The van der Waals surface area contributed by atoms with Crippen molar-refractivity contribution in [2.45, 2.75) is 19.4 Å². The Morgan fingerprint density at radius 3 is 2.82 bits per heavy atom. The Kier molecular flexibility index (Phi) is 3.83. The van der Waals surface area contributed by atoms with Gasteiger partial charge in [0.2, 0.25) is 0 Å². The minimum Gasteiger partial charge on any atom is -0.396 e. The van der Waals surface area contributed by atoms with Crippen LogP contribution in [0.25, 0.3) is 0 Å². The van der Waals surface area contributed by atoms with Crippen LogP contribution in [0.3, 0.4) is 0 Å². The zero-order valence-corrected chi connectivity index (χ0v) is 7.12. The van der Waals surface area contributed by atoms with Gasteiger partial charge in [-0.2, -0.15) is 0 Å². The van der Waals surface area contributed by atoms with Crippen LogP contribution in [-0.4, -0.2) is 49.0 Å². The zero-order valence-electron chi connectivity index (χ0n) is 7.12. The highest BCUT2D eigenvalue weighted by molar-refractivity contribution is 4.73. The molecular formula is C8H17NO2. The number of hydrogen-bond acceptors (Lipinski definition) is 3. The van der Waals surface area contributed by atoms with Crippen LogP contribution in [-0.2, 0) is 4.74 Å². The molecule has 1 N–H and O–H groups in total. The number of likely N-dealkylation sites (N-methyl/N-ethyl adjacent to an activating group) is 1. The van der Waals surface area contributed by atoms with Crippen LogP contribution < -0.4 is 0 Å². The third kappa shape index (κ3) is 3.70. The largest absolute Gasteiger partial charge is 0.396 e. The van der Waals surface area contributed by atoms with Crippen molar-refractivity contribution in [1.82, 2.24) is 4.90 Å². The predicted molar refractivity (Wildman–Crippen MR) is 43.6 cm³/mol. The molecule has 1 saturated heterocycles. The second-order valence-corrected chi connectivity index (χ2v) is 2.93. The maximum Gasteiger partial charge on any atom is 0.0936 e. The SMILES string of the molecule is CCN(CCCO)CC1CO1. The minimum atomic E-state index is 0.294. The first-order chi connectivity index (χ1) is 5.36. The maximum absolute atomic E-state index is 8.60. The zero-order chi connectivity index (χ0) is 8.10. The van der Waals surface area contributed by atoms with Gasteiger partial charge >= 0.3 is 0 Å². The Hall–Kier alpha value is -0.120. The van der Waals surface area contributed by atoms with E-state index in [9.17, 15) is 0 Å². The van der Waals surface area contributed by atoms with Gasteiger partial charge in [-0.15, -0.1) is 0 Å². The smallest absolute Gasteiger partial charge is 0.0936 e. The van der Waals surface area contributed by atoms with Crippen molar-refractivity contribution in [3.63, 3.8) is 0 Å². The van der Waals surface area contributed by atoms with Gasteiger partial charge < -0.3 is 14.7 Å². The topological polar surface area (TPSA) is 36.0 Å². The van der Waals surface area contributed by atoms with Crippen molar-refractivity contribution in [3.8, 4) is 0 Å². The number of nitrogens with zero attached hydrogens (tertiary/aromatic N) is 1. The highest BCUT2D eigenvalue weighted by Crippen LogP contribution is 2.10. The van der Waals surface area contributed by atoms with Gasteiger partial charge in [0.1, 0.15) is 0 Å². The molecule has 3 heteroatoms. The molecule has 1 heterocycles. The summed E-state index contributed by atoms with van der Waals surface area (Å²) in [7, 11) is 0. The number of aliphatic hydroxyl groups excluding tert-OH is 1. The first-order valence-electron chi connectivity index (χ1n) is 4.31. The predicted octanol–water partition coefficient (Wildman–Crippen LogP) is 0.0895. The summed E-state index contributed by atoms with van der Waals surface area (Å²) < 4.78 is 5.12. The lowest BCUT2D eigenvalue weighted by atomic mass is 10.3. The fourth-order valence-electron chi connectivity index (χ4n) is 1.13. The third-order valence-corrected chi connectivity index (χ3v) is 1.94. The van der Waals surface area contributed by atoms with Crippen molar-refractivity contribution < 1.29 is 9.84 Å². The third-order valence-electron chi connectivity index (χ3n) is 1.94. The Morgan fingerprint density at radius 1 is 1.64 bits per heavy atom. The quantitative estimate of drug-likeness (QED) is 0.558. The van der Waals surface area contributed by atoms with Gasteiger partial charge in [-0.3, -0.25) is 0 Å². The molecule has 1 rings (SSSR count). The summed E-state index contributed by atoms with van der Waals surface area (Å²) in [6, 6.07) is 0. The van der Waals surface area contributed by atoms with Gasteiger partial charge in [0, 0.05) is 19.7 Å². The molecule has 1 fully saturated rings. The van der Waals surface area contributed by atoms with Crippen LogP contribution in [0.15, 0.2) is 0 Å². The van der Waals surface area contributed by atoms with Crippen molar-refractivity contribution in [1.29, 1.82) is 0 Å². The number of rotatable bonds is 6. The summed E-state index contributed by atoms with van der Waals surface area (Å²) in [5.74, 6) is 0. The molecule has 0 aromatic rings. The van der Waals surface area contributed by atoms with Crippen LogP contribution in [0.5, 0.6) is 0 Å². The fraction of sp³-hybridized carbons (Fsp3) is 1.00. The van der Waals surface area contributed by atoms with Crippen molar-refractivity contribution in [2.24, 2.45) is 0 Å². The highest BCUT2D eigenvalue weighted by atomic mass is 16.6. The summed E-state index contributed by atoms with van der Waals surface area (Å²) in [4.78, 5) is 2.31. The van der Waals surface area contributed by atoms with Crippen molar-refractivity contribution >= 4 is 0 Å². The van der Waals surface area contributed by atoms with E-state index in [4.69, 9.17) is 9.84 Å². The van der Waals surface area contributed by atoms with E-state index in [2.05, 4.69) is 11.8 Å². The molecule has 11 heavy (non-hydrogen) atoms. The van der Waals surface area contributed by atoms with Crippen LogP contribution in [0.1, 0.15) is 13.3 Å². The lowest BCUT2D eigenvalue weighted by molar-refractivity contribution is 0.215. The Morgan fingerprint density at radius 2 is 2.36 bits per heavy atom. The van der Waals surface area contributed by atoms with Crippen molar-refractivity contribution in [3.05, 3.63) is 0 Å².